The van der Waals surface area contributed by atoms with Crippen molar-refractivity contribution in [1.82, 2.24) is 14.7 Å². The summed E-state index contributed by atoms with van der Waals surface area (Å²) in [5.74, 6) is -2.76. The highest BCUT2D eigenvalue weighted by atomic mass is 35.5. The summed E-state index contributed by atoms with van der Waals surface area (Å²) in [6.45, 7) is 6.19. The summed E-state index contributed by atoms with van der Waals surface area (Å²) in [6.07, 6.45) is -4.23. The standard InChI is InChI=1S/C22H30ClF2N3O4S.C2HF3O2/c1-13-7-21(18-15(6-17(23)33-18)22(31,12-32-21)19(24)25)4-5-27(13)9-14-8-26-28(10-14)11-16(29)20(2,3)30;3-2(4,5)1(6)7/h6,8,10,13,16,19,29-31H,4-5,7,9,11-12H2,1-3H3;(H,6,7)/t13-,16?,21+,22-;/m0./s1. The van der Waals surface area contributed by atoms with Gasteiger partial charge in [0.15, 0.2) is 5.60 Å². The van der Waals surface area contributed by atoms with Crippen molar-refractivity contribution in [3.05, 3.63) is 38.8 Å². The molecule has 2 aromatic heterocycles. The summed E-state index contributed by atoms with van der Waals surface area (Å²) >= 11 is 7.38. The van der Waals surface area contributed by atoms with Crippen LogP contribution in [0.2, 0.25) is 4.34 Å². The lowest BCUT2D eigenvalue weighted by molar-refractivity contribution is -0.210. The second-order valence-electron chi connectivity index (χ2n) is 10.6. The molecule has 1 fully saturated rings. The Labute approximate surface area is 235 Å². The number of halogens is 6. The topological polar surface area (TPSA) is 128 Å². The molecule has 1 spiro atoms. The van der Waals surface area contributed by atoms with Gasteiger partial charge in [0.05, 0.1) is 29.3 Å². The molecule has 2 aliphatic rings. The number of alkyl halides is 5. The molecular weight excluding hydrogens is 589 g/mol. The maximum atomic E-state index is 13.7. The number of aliphatic carboxylic acids is 1. The lowest BCUT2D eigenvalue weighted by Gasteiger charge is -2.49. The van der Waals surface area contributed by atoms with Crippen molar-refractivity contribution >= 4 is 28.9 Å². The van der Waals surface area contributed by atoms with E-state index in [1.54, 1.807) is 24.7 Å². The van der Waals surface area contributed by atoms with Crippen LogP contribution in [0.3, 0.4) is 0 Å². The molecule has 1 saturated heterocycles. The van der Waals surface area contributed by atoms with E-state index in [0.29, 0.717) is 35.1 Å². The Hall–Kier alpha value is -1.88. The smallest absolute Gasteiger partial charge is 0.475 e. The van der Waals surface area contributed by atoms with E-state index in [1.807, 2.05) is 6.20 Å². The van der Waals surface area contributed by atoms with Gasteiger partial charge in [-0.3, -0.25) is 9.58 Å². The number of hydrogen-bond acceptors (Lipinski definition) is 8. The average molecular weight is 620 g/mol. The van der Waals surface area contributed by atoms with Crippen LogP contribution < -0.4 is 0 Å². The van der Waals surface area contributed by atoms with Crippen LogP contribution in [0.4, 0.5) is 22.0 Å². The van der Waals surface area contributed by atoms with Gasteiger partial charge in [0.2, 0.25) is 0 Å². The zero-order valence-corrected chi connectivity index (χ0v) is 23.4. The predicted octanol–water partition coefficient (Wildman–Crippen LogP) is 3.73. The number of carboxylic acid groups (broad SMARTS) is 1. The van der Waals surface area contributed by atoms with Gasteiger partial charge in [-0.25, -0.2) is 13.6 Å². The summed E-state index contributed by atoms with van der Waals surface area (Å²) in [5, 5.41) is 42.0. The van der Waals surface area contributed by atoms with Gasteiger partial charge in [0, 0.05) is 41.3 Å². The van der Waals surface area contributed by atoms with E-state index in [4.69, 9.17) is 26.2 Å². The van der Waals surface area contributed by atoms with Crippen LogP contribution in [0.25, 0.3) is 0 Å². The summed E-state index contributed by atoms with van der Waals surface area (Å²) in [5.41, 5.74) is -3.15. The number of hydrogen-bond donors (Lipinski definition) is 4. The molecule has 1 unspecified atom stereocenters. The Morgan fingerprint density at radius 2 is 1.98 bits per heavy atom. The third-order valence-electron chi connectivity index (χ3n) is 7.05. The highest BCUT2D eigenvalue weighted by molar-refractivity contribution is 7.16. The number of aliphatic hydroxyl groups is 3. The van der Waals surface area contributed by atoms with Gasteiger partial charge in [-0.05, 0) is 39.7 Å². The molecular formula is C24H31ClF5N3O6S. The number of aliphatic hydroxyl groups excluding tert-OH is 1. The first-order valence-electron chi connectivity index (χ1n) is 12.2. The van der Waals surface area contributed by atoms with E-state index in [2.05, 4.69) is 16.9 Å². The molecule has 0 aromatic carbocycles. The molecule has 2 aliphatic heterocycles. The number of piperidine rings is 1. The molecule has 0 bridgehead atoms. The monoisotopic (exact) mass is 619 g/mol. The van der Waals surface area contributed by atoms with Crippen LogP contribution in [0.1, 0.15) is 49.6 Å². The van der Waals surface area contributed by atoms with Crippen LogP contribution in [-0.2, 0) is 33.8 Å². The number of fused-ring (bicyclic) bond motifs is 2. The lowest BCUT2D eigenvalue weighted by Crippen LogP contribution is -2.54. The van der Waals surface area contributed by atoms with E-state index < -0.39 is 48.1 Å². The molecule has 9 nitrogen and oxygen atoms in total. The van der Waals surface area contributed by atoms with E-state index in [-0.39, 0.29) is 18.2 Å². The molecule has 226 valence electrons. The van der Waals surface area contributed by atoms with Crippen LogP contribution in [0.5, 0.6) is 0 Å². The van der Waals surface area contributed by atoms with Gasteiger partial charge in [-0.15, -0.1) is 11.3 Å². The highest BCUT2D eigenvalue weighted by Gasteiger charge is 2.54. The first-order chi connectivity index (χ1) is 18.3. The summed E-state index contributed by atoms with van der Waals surface area (Å²) < 4.78 is 67.0. The van der Waals surface area contributed by atoms with Gasteiger partial charge in [-0.1, -0.05) is 11.6 Å². The molecule has 4 rings (SSSR count). The van der Waals surface area contributed by atoms with Crippen molar-refractivity contribution in [3.8, 4) is 0 Å². The Morgan fingerprint density at radius 3 is 2.50 bits per heavy atom. The van der Waals surface area contributed by atoms with Crippen molar-refractivity contribution in [2.24, 2.45) is 0 Å². The van der Waals surface area contributed by atoms with Crippen molar-refractivity contribution in [2.75, 3.05) is 13.2 Å². The van der Waals surface area contributed by atoms with Crippen molar-refractivity contribution in [3.63, 3.8) is 0 Å². The summed E-state index contributed by atoms with van der Waals surface area (Å²) in [7, 11) is 0. The molecule has 0 amide bonds. The van der Waals surface area contributed by atoms with Gasteiger partial charge in [-0.2, -0.15) is 18.3 Å². The fourth-order valence-electron chi connectivity index (χ4n) is 4.64. The zero-order valence-electron chi connectivity index (χ0n) is 21.8. The molecule has 40 heavy (non-hydrogen) atoms. The minimum Gasteiger partial charge on any atom is -0.475 e. The van der Waals surface area contributed by atoms with Crippen molar-refractivity contribution in [2.45, 2.75) is 88.3 Å². The van der Waals surface area contributed by atoms with Gasteiger partial charge in [0.25, 0.3) is 6.43 Å². The number of ether oxygens (including phenoxy) is 1. The van der Waals surface area contributed by atoms with Crippen LogP contribution >= 0.6 is 22.9 Å². The number of nitrogens with zero attached hydrogens (tertiary/aromatic N) is 3. The van der Waals surface area contributed by atoms with Gasteiger partial charge >= 0.3 is 12.1 Å². The Morgan fingerprint density at radius 1 is 1.35 bits per heavy atom. The Bertz CT molecular complexity index is 1190. The third kappa shape index (κ3) is 7.12. The summed E-state index contributed by atoms with van der Waals surface area (Å²) in [6, 6.07) is 1.53. The van der Waals surface area contributed by atoms with E-state index in [1.165, 1.54) is 17.4 Å². The number of thiophene rings is 1. The number of carbonyl (C=O) groups is 1. The number of likely N-dealkylation sites (tertiary alicyclic amines) is 1. The fourth-order valence-corrected chi connectivity index (χ4v) is 6.13. The van der Waals surface area contributed by atoms with Gasteiger partial charge in [0.1, 0.15) is 11.7 Å². The van der Waals surface area contributed by atoms with Crippen molar-refractivity contribution < 1.29 is 51.9 Å². The maximum Gasteiger partial charge on any atom is 0.490 e. The van der Waals surface area contributed by atoms with Crippen molar-refractivity contribution in [1.29, 1.82) is 0 Å². The molecule has 16 heteroatoms. The normalized spacial score (nSPS) is 26.4. The van der Waals surface area contributed by atoms with E-state index in [9.17, 15) is 37.3 Å². The second kappa shape index (κ2) is 11.8. The minimum absolute atomic E-state index is 0.0792. The average Bonchev–Trinajstić information content (AvgIpc) is 3.44. The van der Waals surface area contributed by atoms with Crippen LogP contribution in [0.15, 0.2) is 18.5 Å². The third-order valence-corrected chi connectivity index (χ3v) is 8.50. The fraction of sp³-hybridized carbons (Fsp3) is 0.667. The largest absolute Gasteiger partial charge is 0.490 e. The Kier molecular flexibility index (Phi) is 9.61. The Balaban J connectivity index is 0.000000559. The van der Waals surface area contributed by atoms with E-state index in [0.717, 1.165) is 5.56 Å². The van der Waals surface area contributed by atoms with Crippen LogP contribution in [-0.4, -0.2) is 84.6 Å². The second-order valence-corrected chi connectivity index (χ2v) is 12.3. The molecule has 4 N–H and O–H groups in total. The summed E-state index contributed by atoms with van der Waals surface area (Å²) in [4.78, 5) is 11.8. The number of rotatable bonds is 6. The number of aromatic nitrogens is 2. The first-order valence-corrected chi connectivity index (χ1v) is 13.4. The number of carboxylic acids is 1. The van der Waals surface area contributed by atoms with E-state index >= 15 is 0 Å². The predicted molar refractivity (Wildman–Crippen MR) is 134 cm³/mol. The van der Waals surface area contributed by atoms with Gasteiger partial charge < -0.3 is 25.2 Å². The highest BCUT2D eigenvalue weighted by Crippen LogP contribution is 2.53. The SMILES string of the molecule is C[C@H]1C[C@@]2(CCN1Cc1cnn(CC(O)C(C)(C)O)c1)OC[C@@](O)(C(F)F)c1cc(Cl)sc12.O=C(O)C(F)(F)F. The molecule has 0 saturated carbocycles. The molecule has 0 aliphatic carbocycles. The molecule has 2 aromatic rings. The molecule has 0 radical (unpaired) electrons. The lowest BCUT2D eigenvalue weighted by atomic mass is 9.78. The quantitative estimate of drug-likeness (QED) is 0.360. The maximum absolute atomic E-state index is 13.7. The minimum atomic E-state index is -5.08. The zero-order chi connectivity index (χ0) is 30.3. The molecule has 4 atom stereocenters. The van der Waals surface area contributed by atoms with Crippen LogP contribution in [0, 0.1) is 0 Å². The molecule has 4 heterocycles. The first kappa shape index (κ1) is 32.6.